The van der Waals surface area contributed by atoms with E-state index in [2.05, 4.69) is 0 Å². The van der Waals surface area contributed by atoms with Gasteiger partial charge in [-0.3, -0.25) is 9.59 Å². The highest BCUT2D eigenvalue weighted by Gasteiger charge is 2.27. The summed E-state index contributed by atoms with van der Waals surface area (Å²) in [6, 6.07) is 3.81. The molecule has 1 rings (SSSR count). The molecule has 4 nitrogen and oxygen atoms in total. The van der Waals surface area contributed by atoms with Crippen LogP contribution in [0.25, 0.3) is 0 Å². The number of hydrogen-bond acceptors (Lipinski definition) is 3. The largest absolute Gasteiger partial charge is 0.542 e. The maximum absolute atomic E-state index is 12.5. The van der Waals surface area contributed by atoms with Gasteiger partial charge >= 0.3 is 5.97 Å². The van der Waals surface area contributed by atoms with E-state index in [1.807, 2.05) is 52.9 Å². The fraction of sp³-hybridized carbons (Fsp3) is 0.529. The van der Waals surface area contributed by atoms with Gasteiger partial charge in [-0.15, -0.1) is 0 Å². The fourth-order valence-electron chi connectivity index (χ4n) is 2.40. The summed E-state index contributed by atoms with van der Waals surface area (Å²) in [4.78, 5) is 23.2. The van der Waals surface area contributed by atoms with Gasteiger partial charge in [0.1, 0.15) is 5.75 Å². The standard InChI is InChI=1S/C17H25O4Si/c1-11-9-12(13(18)7-8-15(19)20)16(17(2,3)4)14(10-11)21-22(5)6/h9-10H,7-8H2,1-6H3,(H,19,20). The topological polar surface area (TPSA) is 63.6 Å². The molecule has 0 saturated carbocycles. The van der Waals surface area contributed by atoms with Gasteiger partial charge in [-0.1, -0.05) is 20.8 Å². The summed E-state index contributed by atoms with van der Waals surface area (Å²) in [7, 11) is -0.958. The molecule has 22 heavy (non-hydrogen) atoms. The van der Waals surface area contributed by atoms with Gasteiger partial charge in [-0.2, -0.15) is 0 Å². The second-order valence-electron chi connectivity index (χ2n) is 6.76. The molecule has 0 spiro atoms. The second kappa shape index (κ2) is 7.09. The van der Waals surface area contributed by atoms with Crippen molar-refractivity contribution in [1.82, 2.24) is 0 Å². The van der Waals surface area contributed by atoms with E-state index in [1.165, 1.54) is 0 Å². The molecule has 0 aliphatic carbocycles. The van der Waals surface area contributed by atoms with Gasteiger partial charge in [-0.05, 0) is 43.1 Å². The number of ketones is 1. The molecule has 1 radical (unpaired) electrons. The van der Waals surface area contributed by atoms with E-state index < -0.39 is 15.0 Å². The van der Waals surface area contributed by atoms with Crippen LogP contribution in [0, 0.1) is 6.92 Å². The van der Waals surface area contributed by atoms with Crippen LogP contribution in [0.4, 0.5) is 0 Å². The predicted octanol–water partition coefficient (Wildman–Crippen LogP) is 3.97. The Hall–Kier alpha value is -1.62. The van der Waals surface area contributed by atoms with Crippen molar-refractivity contribution < 1.29 is 19.1 Å². The van der Waals surface area contributed by atoms with Crippen LogP contribution >= 0.6 is 0 Å². The van der Waals surface area contributed by atoms with E-state index in [1.54, 1.807) is 0 Å². The first-order valence-corrected chi connectivity index (χ1v) is 9.81. The maximum atomic E-state index is 12.5. The Morgan fingerprint density at radius 1 is 1.18 bits per heavy atom. The molecule has 0 aliphatic rings. The zero-order valence-corrected chi connectivity index (χ0v) is 15.2. The second-order valence-corrected chi connectivity index (χ2v) is 8.78. The van der Waals surface area contributed by atoms with E-state index >= 15 is 0 Å². The molecule has 0 aromatic heterocycles. The van der Waals surface area contributed by atoms with Crippen LogP contribution < -0.4 is 4.43 Å². The molecule has 0 fully saturated rings. The van der Waals surface area contributed by atoms with Crippen LogP contribution in [0.3, 0.4) is 0 Å². The van der Waals surface area contributed by atoms with Crippen molar-refractivity contribution in [3.05, 3.63) is 28.8 Å². The minimum absolute atomic E-state index is 0.0113. The third-order valence-corrected chi connectivity index (χ3v) is 3.81. The first-order chi connectivity index (χ1) is 10.0. The van der Waals surface area contributed by atoms with Crippen LogP contribution in [0.2, 0.25) is 13.1 Å². The molecule has 0 aliphatic heterocycles. The molecule has 1 N–H and O–H groups in total. The predicted molar refractivity (Wildman–Crippen MR) is 89.2 cm³/mol. The normalized spacial score (nSPS) is 11.6. The third-order valence-electron chi connectivity index (χ3n) is 3.18. The number of carbonyl (C=O) groups excluding carboxylic acids is 1. The van der Waals surface area contributed by atoms with Gasteiger partial charge < -0.3 is 9.53 Å². The molecule has 0 amide bonds. The van der Waals surface area contributed by atoms with Crippen LogP contribution in [0.15, 0.2) is 12.1 Å². The molecule has 5 heteroatoms. The van der Waals surface area contributed by atoms with E-state index in [0.29, 0.717) is 5.56 Å². The van der Waals surface area contributed by atoms with Gasteiger partial charge in [0.25, 0.3) is 9.04 Å². The number of hydrogen-bond donors (Lipinski definition) is 1. The number of carbonyl (C=O) groups is 2. The van der Waals surface area contributed by atoms with Gasteiger partial charge in [0, 0.05) is 17.5 Å². The molecule has 0 bridgehead atoms. The van der Waals surface area contributed by atoms with Crippen LogP contribution in [0.5, 0.6) is 5.75 Å². The molecule has 1 aromatic carbocycles. The summed E-state index contributed by atoms with van der Waals surface area (Å²) < 4.78 is 6.00. The lowest BCUT2D eigenvalue weighted by atomic mass is 9.80. The highest BCUT2D eigenvalue weighted by atomic mass is 28.3. The van der Waals surface area contributed by atoms with Crippen molar-refractivity contribution in [3.63, 3.8) is 0 Å². The van der Waals surface area contributed by atoms with Crippen molar-refractivity contribution in [2.24, 2.45) is 0 Å². The summed E-state index contributed by atoms with van der Waals surface area (Å²) in [5.41, 5.74) is 2.16. The van der Waals surface area contributed by atoms with E-state index in [-0.39, 0.29) is 24.0 Å². The Bertz CT molecular complexity index is 571. The number of Topliss-reactive ketones (excluding diaryl/α,β-unsaturated/α-hetero) is 1. The van der Waals surface area contributed by atoms with Crippen molar-refractivity contribution in [1.29, 1.82) is 0 Å². The summed E-state index contributed by atoms with van der Waals surface area (Å²) in [6.07, 6.45) is -0.138. The lowest BCUT2D eigenvalue weighted by molar-refractivity contribution is -0.136. The van der Waals surface area contributed by atoms with E-state index in [9.17, 15) is 9.59 Å². The quantitative estimate of drug-likeness (QED) is 0.636. The molecule has 0 heterocycles. The van der Waals surface area contributed by atoms with E-state index in [0.717, 1.165) is 16.9 Å². The Morgan fingerprint density at radius 2 is 1.77 bits per heavy atom. The molecular weight excluding hydrogens is 296 g/mol. The summed E-state index contributed by atoms with van der Waals surface area (Å²) in [6.45, 7) is 12.1. The molecule has 0 atom stereocenters. The van der Waals surface area contributed by atoms with Gasteiger partial charge in [-0.25, -0.2) is 0 Å². The minimum atomic E-state index is -0.958. The lowest BCUT2D eigenvalue weighted by Gasteiger charge is -2.27. The first-order valence-electron chi connectivity index (χ1n) is 7.40. The average Bonchev–Trinajstić information content (AvgIpc) is 2.32. The Kier molecular flexibility index (Phi) is 5.94. The number of benzene rings is 1. The van der Waals surface area contributed by atoms with Gasteiger partial charge in [0.05, 0.1) is 6.42 Å². The van der Waals surface area contributed by atoms with Crippen molar-refractivity contribution in [2.75, 3.05) is 0 Å². The number of aryl methyl sites for hydroxylation is 1. The lowest BCUT2D eigenvalue weighted by Crippen LogP contribution is -2.22. The van der Waals surface area contributed by atoms with Crippen LogP contribution in [-0.4, -0.2) is 25.9 Å². The zero-order valence-electron chi connectivity index (χ0n) is 14.2. The van der Waals surface area contributed by atoms with Gasteiger partial charge in [0.2, 0.25) is 0 Å². The third kappa shape index (κ3) is 4.98. The Balaban J connectivity index is 3.38. The molecule has 0 unspecified atom stereocenters. The SMILES string of the molecule is Cc1cc(O[Si](C)C)c(C(C)(C)C)c(C(=O)CCC(=O)O)c1. The minimum Gasteiger partial charge on any atom is -0.542 e. The zero-order chi connectivity index (χ0) is 17.1. The highest BCUT2D eigenvalue weighted by molar-refractivity contribution is 6.49. The number of aliphatic carboxylic acids is 1. The van der Waals surface area contributed by atoms with Crippen molar-refractivity contribution in [3.8, 4) is 5.75 Å². The molecule has 0 saturated heterocycles. The van der Waals surface area contributed by atoms with Crippen LogP contribution in [-0.2, 0) is 10.2 Å². The molecule has 121 valence electrons. The summed E-state index contributed by atoms with van der Waals surface area (Å²) in [5.74, 6) is -0.339. The monoisotopic (exact) mass is 321 g/mol. The first kappa shape index (κ1) is 18.4. The van der Waals surface area contributed by atoms with E-state index in [4.69, 9.17) is 9.53 Å². The van der Waals surface area contributed by atoms with Crippen molar-refractivity contribution in [2.45, 2.75) is 59.0 Å². The number of carboxylic acid groups (broad SMARTS) is 1. The summed E-state index contributed by atoms with van der Waals surface area (Å²) >= 11 is 0. The highest BCUT2D eigenvalue weighted by Crippen LogP contribution is 2.36. The number of rotatable bonds is 6. The molecular formula is C17H25O4Si. The smallest absolute Gasteiger partial charge is 0.303 e. The van der Waals surface area contributed by atoms with Crippen LogP contribution in [0.1, 0.15) is 55.1 Å². The Morgan fingerprint density at radius 3 is 2.23 bits per heavy atom. The fourth-order valence-corrected chi connectivity index (χ4v) is 3.00. The average molecular weight is 321 g/mol. The van der Waals surface area contributed by atoms with Gasteiger partial charge in [0.15, 0.2) is 5.78 Å². The maximum Gasteiger partial charge on any atom is 0.303 e. The summed E-state index contributed by atoms with van der Waals surface area (Å²) in [5, 5.41) is 8.79. The molecule has 1 aromatic rings. The Labute approximate surface area is 134 Å². The van der Waals surface area contributed by atoms with Crippen molar-refractivity contribution >= 4 is 20.8 Å². The number of carboxylic acids is 1.